The Bertz CT molecular complexity index is 500. The van der Waals surface area contributed by atoms with Gasteiger partial charge in [-0.1, -0.05) is 23.9 Å². The van der Waals surface area contributed by atoms with Gasteiger partial charge < -0.3 is 15.3 Å². The number of aromatic carboxylic acids is 1. The maximum Gasteiger partial charge on any atom is 0.335 e. The molecule has 110 valence electrons. The van der Waals surface area contributed by atoms with E-state index in [2.05, 4.69) is 0 Å². The molecule has 3 N–H and O–H groups in total. The van der Waals surface area contributed by atoms with Crippen molar-refractivity contribution in [1.82, 2.24) is 0 Å². The highest BCUT2D eigenvalue weighted by atomic mass is 32.2. The van der Waals surface area contributed by atoms with Crippen LogP contribution in [0.2, 0.25) is 0 Å². The molecule has 0 heterocycles. The maximum absolute atomic E-state index is 10.9. The van der Waals surface area contributed by atoms with Gasteiger partial charge in [-0.05, 0) is 30.5 Å². The lowest BCUT2D eigenvalue weighted by Gasteiger charge is -2.18. The smallest absolute Gasteiger partial charge is 0.335 e. The van der Waals surface area contributed by atoms with E-state index in [1.807, 2.05) is 0 Å². The number of rotatable bonds is 6. The highest BCUT2D eigenvalue weighted by Gasteiger charge is 2.19. The molecule has 0 aliphatic carbocycles. The van der Waals surface area contributed by atoms with E-state index >= 15 is 0 Å². The van der Waals surface area contributed by atoms with E-state index < -0.39 is 18.2 Å². The molecule has 0 radical (unpaired) electrons. The Balaban J connectivity index is 2.71. The minimum atomic E-state index is -1.09. The van der Waals surface area contributed by atoms with Crippen molar-refractivity contribution in [3.63, 3.8) is 0 Å². The van der Waals surface area contributed by atoms with Gasteiger partial charge in [-0.15, -0.1) is 0 Å². The number of thioether (sulfide) groups is 1. The fourth-order valence-electron chi connectivity index (χ4n) is 1.81. The summed E-state index contributed by atoms with van der Waals surface area (Å²) in [6.07, 6.45) is -1.80. The zero-order chi connectivity index (χ0) is 15.3. The van der Waals surface area contributed by atoms with Gasteiger partial charge in [0.2, 0.25) is 0 Å². The molecule has 1 rings (SSSR count). The highest BCUT2D eigenvalue weighted by molar-refractivity contribution is 8.13. The number of hydrogen-bond donors (Lipinski definition) is 3. The standard InChI is InChI=1S/C14H18O5S/c1-8-7-10(3-4-11(8)14(18)19)13(17)12(16)5-6-20-9(2)15/h3-4,7,12-13,16-17H,5-6H2,1-2H3,(H,18,19). The van der Waals surface area contributed by atoms with Crippen LogP contribution in [0.1, 0.15) is 40.9 Å². The van der Waals surface area contributed by atoms with Gasteiger partial charge in [-0.2, -0.15) is 0 Å². The molecule has 5 nitrogen and oxygen atoms in total. The number of aliphatic hydroxyl groups excluding tert-OH is 2. The Hall–Kier alpha value is -1.37. The minimum Gasteiger partial charge on any atom is -0.478 e. The molecule has 0 amide bonds. The van der Waals surface area contributed by atoms with Crippen molar-refractivity contribution in [2.45, 2.75) is 32.5 Å². The van der Waals surface area contributed by atoms with Crippen molar-refractivity contribution >= 4 is 22.8 Å². The van der Waals surface area contributed by atoms with Gasteiger partial charge in [0, 0.05) is 12.7 Å². The predicted octanol–water partition coefficient (Wildman–Crippen LogP) is 1.76. The van der Waals surface area contributed by atoms with Gasteiger partial charge in [0.1, 0.15) is 6.10 Å². The second-order valence-corrected chi connectivity index (χ2v) is 5.79. The SMILES string of the molecule is CC(=O)SCCC(O)C(O)c1ccc(C(=O)O)c(C)c1. The number of aryl methyl sites for hydroxylation is 1. The summed E-state index contributed by atoms with van der Waals surface area (Å²) in [4.78, 5) is 21.7. The van der Waals surface area contributed by atoms with Crippen LogP contribution in [0.3, 0.4) is 0 Å². The summed E-state index contributed by atoms with van der Waals surface area (Å²) in [5, 5.41) is 28.8. The first-order valence-corrected chi connectivity index (χ1v) is 7.14. The summed E-state index contributed by atoms with van der Waals surface area (Å²) < 4.78 is 0. The van der Waals surface area contributed by atoms with Crippen LogP contribution in [0.25, 0.3) is 0 Å². The third-order valence-corrected chi connectivity index (χ3v) is 3.75. The summed E-state index contributed by atoms with van der Waals surface area (Å²) in [5.41, 5.74) is 1.16. The van der Waals surface area contributed by atoms with Crippen LogP contribution in [-0.4, -0.2) is 38.3 Å². The van der Waals surface area contributed by atoms with Gasteiger partial charge in [0.15, 0.2) is 5.12 Å². The highest BCUT2D eigenvalue weighted by Crippen LogP contribution is 2.23. The molecule has 0 spiro atoms. The monoisotopic (exact) mass is 298 g/mol. The second kappa shape index (κ2) is 7.42. The molecule has 2 atom stereocenters. The summed E-state index contributed by atoms with van der Waals surface area (Å²) in [5.74, 6) is -0.596. The fraction of sp³-hybridized carbons (Fsp3) is 0.429. The van der Waals surface area contributed by atoms with Crippen molar-refractivity contribution < 1.29 is 24.9 Å². The summed E-state index contributed by atoms with van der Waals surface area (Å²) >= 11 is 1.09. The number of carbonyl (C=O) groups is 2. The molecular weight excluding hydrogens is 280 g/mol. The molecule has 0 aliphatic heterocycles. The molecule has 0 saturated heterocycles. The van der Waals surface area contributed by atoms with E-state index in [1.54, 1.807) is 13.0 Å². The van der Waals surface area contributed by atoms with Crippen molar-refractivity contribution in [3.8, 4) is 0 Å². The van der Waals surface area contributed by atoms with Crippen LogP contribution in [0.5, 0.6) is 0 Å². The number of carboxylic acids is 1. The fourth-order valence-corrected chi connectivity index (χ4v) is 2.46. The number of aliphatic hydroxyl groups is 2. The van der Waals surface area contributed by atoms with Gasteiger partial charge in [0.05, 0.1) is 11.7 Å². The van der Waals surface area contributed by atoms with Gasteiger partial charge >= 0.3 is 5.97 Å². The molecule has 1 aromatic rings. The Morgan fingerprint density at radius 1 is 1.30 bits per heavy atom. The first-order chi connectivity index (χ1) is 9.32. The maximum atomic E-state index is 10.9. The molecule has 2 unspecified atom stereocenters. The van der Waals surface area contributed by atoms with E-state index in [4.69, 9.17) is 5.11 Å². The van der Waals surface area contributed by atoms with E-state index in [0.29, 0.717) is 16.9 Å². The van der Waals surface area contributed by atoms with E-state index in [-0.39, 0.29) is 17.1 Å². The molecule has 6 heteroatoms. The number of benzene rings is 1. The van der Waals surface area contributed by atoms with Crippen LogP contribution in [0, 0.1) is 6.92 Å². The number of carbonyl (C=O) groups excluding carboxylic acids is 1. The Morgan fingerprint density at radius 3 is 2.45 bits per heavy atom. The quantitative estimate of drug-likeness (QED) is 0.740. The molecule has 0 aromatic heterocycles. The summed E-state index contributed by atoms with van der Waals surface area (Å²) in [6.45, 7) is 3.08. The summed E-state index contributed by atoms with van der Waals surface area (Å²) in [7, 11) is 0. The minimum absolute atomic E-state index is 0.0339. The lowest BCUT2D eigenvalue weighted by Crippen LogP contribution is -2.19. The van der Waals surface area contributed by atoms with Gasteiger partial charge in [0.25, 0.3) is 0 Å². The first kappa shape index (κ1) is 16.7. The number of carboxylic acid groups (broad SMARTS) is 1. The van der Waals surface area contributed by atoms with E-state index in [1.165, 1.54) is 19.1 Å². The van der Waals surface area contributed by atoms with E-state index in [0.717, 1.165) is 11.8 Å². The van der Waals surface area contributed by atoms with Crippen molar-refractivity contribution in [1.29, 1.82) is 0 Å². The third-order valence-electron chi connectivity index (χ3n) is 2.91. The topological polar surface area (TPSA) is 94.8 Å². The van der Waals surface area contributed by atoms with Crippen LogP contribution in [0.4, 0.5) is 0 Å². The molecule has 1 aromatic carbocycles. The van der Waals surface area contributed by atoms with Crippen molar-refractivity contribution in [2.75, 3.05) is 5.75 Å². The van der Waals surface area contributed by atoms with Crippen LogP contribution >= 0.6 is 11.8 Å². The summed E-state index contributed by atoms with van der Waals surface area (Å²) in [6, 6.07) is 4.45. The van der Waals surface area contributed by atoms with Crippen molar-refractivity contribution in [3.05, 3.63) is 34.9 Å². The Morgan fingerprint density at radius 2 is 1.95 bits per heavy atom. The Kier molecular flexibility index (Phi) is 6.19. The molecule has 20 heavy (non-hydrogen) atoms. The van der Waals surface area contributed by atoms with Gasteiger partial charge in [-0.25, -0.2) is 4.79 Å². The average Bonchev–Trinajstić information content (AvgIpc) is 2.36. The average molecular weight is 298 g/mol. The van der Waals surface area contributed by atoms with Crippen LogP contribution in [0.15, 0.2) is 18.2 Å². The zero-order valence-electron chi connectivity index (χ0n) is 11.4. The van der Waals surface area contributed by atoms with Crippen molar-refractivity contribution in [2.24, 2.45) is 0 Å². The predicted molar refractivity (Wildman–Crippen MR) is 76.9 cm³/mol. The molecule has 0 bridgehead atoms. The van der Waals surface area contributed by atoms with Gasteiger partial charge in [-0.3, -0.25) is 4.79 Å². The molecular formula is C14H18O5S. The lowest BCUT2D eigenvalue weighted by atomic mass is 9.98. The zero-order valence-corrected chi connectivity index (χ0v) is 12.2. The number of hydrogen-bond acceptors (Lipinski definition) is 5. The molecule has 0 fully saturated rings. The largest absolute Gasteiger partial charge is 0.478 e. The molecule has 0 saturated carbocycles. The van der Waals surface area contributed by atoms with Crippen LogP contribution < -0.4 is 0 Å². The lowest BCUT2D eigenvalue weighted by molar-refractivity contribution is -0.109. The molecule has 0 aliphatic rings. The second-order valence-electron chi connectivity index (χ2n) is 4.52. The first-order valence-electron chi connectivity index (χ1n) is 6.16. The van der Waals surface area contributed by atoms with Crippen LogP contribution in [-0.2, 0) is 4.79 Å². The third kappa shape index (κ3) is 4.63. The Labute approximate surface area is 121 Å². The normalized spacial score (nSPS) is 13.8. The van der Waals surface area contributed by atoms with E-state index in [9.17, 15) is 19.8 Å².